The molecule has 0 spiro atoms. The fourth-order valence-corrected chi connectivity index (χ4v) is 2.14. The molecular formula is C18H17NO7. The van der Waals surface area contributed by atoms with Gasteiger partial charge < -0.3 is 14.2 Å². The number of benzene rings is 2. The van der Waals surface area contributed by atoms with Crippen molar-refractivity contribution in [1.29, 1.82) is 0 Å². The molecule has 0 aromatic heterocycles. The number of ether oxygens (including phenoxy) is 3. The van der Waals surface area contributed by atoms with Gasteiger partial charge in [0.15, 0.2) is 23.9 Å². The minimum atomic E-state index is -0.693. The third-order valence-corrected chi connectivity index (χ3v) is 3.43. The first-order chi connectivity index (χ1) is 12.5. The van der Waals surface area contributed by atoms with E-state index in [1.165, 1.54) is 43.5 Å². The smallest absolute Gasteiger partial charge is 0.338 e. The third kappa shape index (κ3) is 4.56. The molecule has 8 heteroatoms. The van der Waals surface area contributed by atoms with Crippen molar-refractivity contribution in [2.75, 3.05) is 20.3 Å². The van der Waals surface area contributed by atoms with Gasteiger partial charge in [0.2, 0.25) is 0 Å². The van der Waals surface area contributed by atoms with Crippen LogP contribution in [0.1, 0.15) is 27.6 Å². The maximum absolute atomic E-state index is 12.1. The van der Waals surface area contributed by atoms with Crippen LogP contribution in [0.4, 0.5) is 5.69 Å². The summed E-state index contributed by atoms with van der Waals surface area (Å²) in [5.74, 6) is -0.288. The number of methoxy groups -OCH3 is 1. The molecule has 0 saturated carbocycles. The van der Waals surface area contributed by atoms with Crippen molar-refractivity contribution >= 4 is 17.4 Å². The lowest BCUT2D eigenvalue weighted by atomic mass is 10.1. The Labute approximate surface area is 149 Å². The summed E-state index contributed by atoms with van der Waals surface area (Å²) in [4.78, 5) is 34.2. The van der Waals surface area contributed by atoms with Crippen molar-refractivity contribution in [2.45, 2.75) is 6.92 Å². The number of ketones is 1. The highest BCUT2D eigenvalue weighted by atomic mass is 16.6. The second-order valence-corrected chi connectivity index (χ2v) is 5.10. The summed E-state index contributed by atoms with van der Waals surface area (Å²) in [5.41, 5.74) is 0.300. The lowest BCUT2D eigenvalue weighted by Crippen LogP contribution is -2.14. The molecule has 0 heterocycles. The minimum Gasteiger partial charge on any atom is -0.493 e. The lowest BCUT2D eigenvalue weighted by molar-refractivity contribution is -0.384. The minimum absolute atomic E-state index is 0.125. The Kier molecular flexibility index (Phi) is 6.26. The normalized spacial score (nSPS) is 10.1. The van der Waals surface area contributed by atoms with E-state index in [0.717, 1.165) is 0 Å². The van der Waals surface area contributed by atoms with Gasteiger partial charge in [-0.05, 0) is 37.3 Å². The van der Waals surface area contributed by atoms with Crippen LogP contribution in [0.5, 0.6) is 11.5 Å². The molecule has 8 nitrogen and oxygen atoms in total. The fourth-order valence-electron chi connectivity index (χ4n) is 2.14. The highest BCUT2D eigenvalue weighted by Gasteiger charge is 2.15. The Hall–Kier alpha value is -3.42. The van der Waals surface area contributed by atoms with Gasteiger partial charge in [-0.15, -0.1) is 0 Å². The van der Waals surface area contributed by atoms with Gasteiger partial charge in [0.05, 0.1) is 24.2 Å². The van der Waals surface area contributed by atoms with Gasteiger partial charge in [-0.25, -0.2) is 4.79 Å². The number of hydrogen-bond acceptors (Lipinski definition) is 7. The number of nitro groups is 1. The quantitative estimate of drug-likeness (QED) is 0.309. The molecule has 2 rings (SSSR count). The van der Waals surface area contributed by atoms with E-state index in [1.54, 1.807) is 6.07 Å². The zero-order valence-electron chi connectivity index (χ0n) is 14.3. The highest BCUT2D eigenvalue weighted by Crippen LogP contribution is 2.28. The monoisotopic (exact) mass is 359 g/mol. The van der Waals surface area contributed by atoms with E-state index in [9.17, 15) is 19.7 Å². The maximum Gasteiger partial charge on any atom is 0.338 e. The molecule has 0 aliphatic carbocycles. The second-order valence-electron chi connectivity index (χ2n) is 5.10. The Bertz CT molecular complexity index is 815. The molecule has 0 radical (unpaired) electrons. The Morgan fingerprint density at radius 2 is 1.69 bits per heavy atom. The molecule has 0 unspecified atom stereocenters. The van der Waals surface area contributed by atoms with E-state index < -0.39 is 23.3 Å². The van der Waals surface area contributed by atoms with Crippen LogP contribution in [0.15, 0.2) is 42.5 Å². The molecule has 0 bridgehead atoms. The van der Waals surface area contributed by atoms with Gasteiger partial charge in [0.1, 0.15) is 0 Å². The Morgan fingerprint density at radius 3 is 2.27 bits per heavy atom. The summed E-state index contributed by atoms with van der Waals surface area (Å²) in [5, 5.41) is 10.6. The van der Waals surface area contributed by atoms with E-state index in [1.807, 2.05) is 6.92 Å². The van der Waals surface area contributed by atoms with Gasteiger partial charge >= 0.3 is 5.97 Å². The fraction of sp³-hybridized carbons (Fsp3) is 0.222. The van der Waals surface area contributed by atoms with E-state index in [4.69, 9.17) is 14.2 Å². The van der Waals surface area contributed by atoms with Crippen molar-refractivity contribution in [3.05, 3.63) is 63.7 Å². The SMILES string of the molecule is CCOc1ccc(C(=O)OCC(=O)c2ccc([N+](=O)[O-])cc2)cc1OC. The summed E-state index contributed by atoms with van der Waals surface area (Å²) < 4.78 is 15.5. The zero-order chi connectivity index (χ0) is 19.1. The van der Waals surface area contributed by atoms with Gasteiger partial charge in [-0.3, -0.25) is 14.9 Å². The molecule has 26 heavy (non-hydrogen) atoms. The van der Waals surface area contributed by atoms with Gasteiger partial charge in [-0.2, -0.15) is 0 Å². The molecule has 0 aliphatic heterocycles. The first-order valence-electron chi connectivity index (χ1n) is 7.72. The van der Waals surface area contributed by atoms with Crippen molar-refractivity contribution in [3.63, 3.8) is 0 Å². The van der Waals surface area contributed by atoms with Crippen LogP contribution in [0, 0.1) is 10.1 Å². The first-order valence-corrected chi connectivity index (χ1v) is 7.72. The van der Waals surface area contributed by atoms with Crippen molar-refractivity contribution in [3.8, 4) is 11.5 Å². The second kappa shape index (κ2) is 8.61. The van der Waals surface area contributed by atoms with Crippen LogP contribution in [-0.4, -0.2) is 37.0 Å². The van der Waals surface area contributed by atoms with E-state index >= 15 is 0 Å². The van der Waals surface area contributed by atoms with Crippen LogP contribution in [0.25, 0.3) is 0 Å². The molecule has 0 fully saturated rings. The number of nitrogens with zero attached hydrogens (tertiary/aromatic N) is 1. The number of Topliss-reactive ketones (excluding diaryl/α,β-unsaturated/α-hetero) is 1. The van der Waals surface area contributed by atoms with Crippen LogP contribution < -0.4 is 9.47 Å². The third-order valence-electron chi connectivity index (χ3n) is 3.43. The predicted molar refractivity (Wildman–Crippen MR) is 91.9 cm³/mol. The van der Waals surface area contributed by atoms with Crippen molar-refractivity contribution < 1.29 is 28.7 Å². The highest BCUT2D eigenvalue weighted by molar-refractivity contribution is 5.99. The number of nitro benzene ring substituents is 1. The molecular weight excluding hydrogens is 342 g/mol. The largest absolute Gasteiger partial charge is 0.493 e. The van der Waals surface area contributed by atoms with Crippen LogP contribution in [0.3, 0.4) is 0 Å². The molecule has 136 valence electrons. The van der Waals surface area contributed by atoms with Crippen LogP contribution >= 0.6 is 0 Å². The Balaban J connectivity index is 2.01. The first kappa shape index (κ1) is 18.9. The number of non-ortho nitro benzene ring substituents is 1. The lowest BCUT2D eigenvalue weighted by Gasteiger charge is -2.10. The van der Waals surface area contributed by atoms with Crippen LogP contribution in [0.2, 0.25) is 0 Å². The average molecular weight is 359 g/mol. The molecule has 0 saturated heterocycles. The van der Waals surface area contributed by atoms with Crippen molar-refractivity contribution in [2.24, 2.45) is 0 Å². The number of rotatable bonds is 8. The molecule has 2 aromatic rings. The molecule has 0 aliphatic rings. The van der Waals surface area contributed by atoms with E-state index in [-0.39, 0.29) is 16.8 Å². The Morgan fingerprint density at radius 1 is 1.04 bits per heavy atom. The van der Waals surface area contributed by atoms with Crippen LogP contribution in [-0.2, 0) is 4.74 Å². The molecule has 0 amide bonds. The van der Waals surface area contributed by atoms with E-state index in [0.29, 0.717) is 18.1 Å². The number of carbonyl (C=O) groups excluding carboxylic acids is 2. The summed E-state index contributed by atoms with van der Waals surface area (Å²) in [6.45, 7) is 1.79. The van der Waals surface area contributed by atoms with Gasteiger partial charge in [0, 0.05) is 17.7 Å². The van der Waals surface area contributed by atoms with E-state index in [2.05, 4.69) is 0 Å². The number of esters is 1. The summed E-state index contributed by atoms with van der Waals surface area (Å²) in [6.07, 6.45) is 0. The molecule has 0 N–H and O–H groups in total. The summed E-state index contributed by atoms with van der Waals surface area (Å²) in [7, 11) is 1.45. The molecule has 2 aromatic carbocycles. The average Bonchev–Trinajstić information content (AvgIpc) is 2.66. The topological polar surface area (TPSA) is 105 Å². The number of carbonyl (C=O) groups is 2. The molecule has 0 atom stereocenters. The standard InChI is InChI=1S/C18H17NO7/c1-3-25-16-9-6-13(10-17(16)24-2)18(21)26-11-15(20)12-4-7-14(8-5-12)19(22)23/h4-10H,3,11H2,1-2H3. The van der Waals surface area contributed by atoms with Gasteiger partial charge in [0.25, 0.3) is 5.69 Å². The summed E-state index contributed by atoms with van der Waals surface area (Å²) in [6, 6.07) is 9.61. The predicted octanol–water partition coefficient (Wildman–Crippen LogP) is 3.04. The maximum atomic E-state index is 12.1. The van der Waals surface area contributed by atoms with Gasteiger partial charge in [-0.1, -0.05) is 0 Å². The zero-order valence-corrected chi connectivity index (χ0v) is 14.3. The van der Waals surface area contributed by atoms with Crippen molar-refractivity contribution in [1.82, 2.24) is 0 Å². The summed E-state index contributed by atoms with van der Waals surface area (Å²) >= 11 is 0. The number of hydrogen-bond donors (Lipinski definition) is 0.